The third-order valence-electron chi connectivity index (χ3n) is 2.52. The summed E-state index contributed by atoms with van der Waals surface area (Å²) in [6.45, 7) is 8.95. The summed E-state index contributed by atoms with van der Waals surface area (Å²) in [5.74, 6) is 1.35. The summed E-state index contributed by atoms with van der Waals surface area (Å²) in [6, 6.07) is 3.91. The fraction of sp³-hybridized carbons (Fsp3) is 0.500. The second kappa shape index (κ2) is 5.69. The summed E-state index contributed by atoms with van der Waals surface area (Å²) in [4.78, 5) is 10.9. The van der Waals surface area contributed by atoms with E-state index in [1.807, 2.05) is 26.0 Å². The summed E-state index contributed by atoms with van der Waals surface area (Å²) >= 11 is 0. The smallest absolute Gasteiger partial charge is 0.153 e. The molecule has 0 aliphatic carbocycles. The van der Waals surface area contributed by atoms with Gasteiger partial charge in [0.05, 0.1) is 12.2 Å². The fourth-order valence-corrected chi connectivity index (χ4v) is 1.67. The number of benzene rings is 1. The normalized spacial score (nSPS) is 10.6. The van der Waals surface area contributed by atoms with Crippen LogP contribution in [-0.2, 0) is 0 Å². The Morgan fingerprint density at radius 3 is 2.56 bits per heavy atom. The minimum atomic E-state index is 0.616. The van der Waals surface area contributed by atoms with Crippen LogP contribution in [0, 0.1) is 19.8 Å². The van der Waals surface area contributed by atoms with Crippen LogP contribution in [0.15, 0.2) is 12.1 Å². The zero-order chi connectivity index (χ0) is 12.1. The van der Waals surface area contributed by atoms with Gasteiger partial charge in [-0.3, -0.25) is 4.79 Å². The Morgan fingerprint density at radius 1 is 1.31 bits per heavy atom. The number of hydrogen-bond acceptors (Lipinski definition) is 2. The molecule has 1 aromatic rings. The second-order valence-corrected chi connectivity index (χ2v) is 4.65. The highest BCUT2D eigenvalue weighted by atomic mass is 16.5. The molecule has 1 aromatic carbocycles. The Hall–Kier alpha value is -1.31. The molecule has 0 aliphatic rings. The number of aryl methyl sites for hydroxylation is 2. The van der Waals surface area contributed by atoms with Crippen molar-refractivity contribution in [2.75, 3.05) is 6.61 Å². The zero-order valence-corrected chi connectivity index (χ0v) is 10.5. The van der Waals surface area contributed by atoms with Crippen LogP contribution < -0.4 is 4.74 Å². The average molecular weight is 220 g/mol. The van der Waals surface area contributed by atoms with Crippen molar-refractivity contribution in [2.45, 2.75) is 34.1 Å². The minimum Gasteiger partial charge on any atom is -0.493 e. The van der Waals surface area contributed by atoms with Crippen molar-refractivity contribution in [1.82, 2.24) is 0 Å². The third kappa shape index (κ3) is 3.37. The highest BCUT2D eigenvalue weighted by Gasteiger charge is 2.08. The molecule has 88 valence electrons. The van der Waals surface area contributed by atoms with Gasteiger partial charge in [0, 0.05) is 0 Å². The number of rotatable bonds is 5. The van der Waals surface area contributed by atoms with E-state index in [1.54, 1.807) is 0 Å². The van der Waals surface area contributed by atoms with Gasteiger partial charge in [0.15, 0.2) is 6.29 Å². The number of carbonyl (C=O) groups is 1. The molecular weight excluding hydrogens is 200 g/mol. The lowest BCUT2D eigenvalue weighted by Gasteiger charge is -2.13. The van der Waals surface area contributed by atoms with Gasteiger partial charge in [-0.1, -0.05) is 19.9 Å². The number of aldehydes is 1. The van der Waals surface area contributed by atoms with E-state index < -0.39 is 0 Å². The largest absolute Gasteiger partial charge is 0.493 e. The highest BCUT2D eigenvalue weighted by Crippen LogP contribution is 2.24. The van der Waals surface area contributed by atoms with Crippen molar-refractivity contribution in [3.8, 4) is 5.75 Å². The first-order valence-corrected chi connectivity index (χ1v) is 5.73. The lowest BCUT2D eigenvalue weighted by molar-refractivity contribution is 0.111. The van der Waals surface area contributed by atoms with E-state index >= 15 is 0 Å². The molecule has 0 unspecified atom stereocenters. The van der Waals surface area contributed by atoms with Crippen LogP contribution in [0.4, 0.5) is 0 Å². The van der Waals surface area contributed by atoms with Crippen molar-refractivity contribution in [1.29, 1.82) is 0 Å². The van der Waals surface area contributed by atoms with Crippen LogP contribution >= 0.6 is 0 Å². The molecule has 2 heteroatoms. The van der Waals surface area contributed by atoms with Gasteiger partial charge in [-0.2, -0.15) is 0 Å². The van der Waals surface area contributed by atoms with Crippen LogP contribution in [0.5, 0.6) is 5.75 Å². The molecule has 0 saturated carbocycles. The van der Waals surface area contributed by atoms with Crippen molar-refractivity contribution in [3.63, 3.8) is 0 Å². The van der Waals surface area contributed by atoms with E-state index in [4.69, 9.17) is 4.74 Å². The average Bonchev–Trinajstić information content (AvgIpc) is 2.20. The maximum Gasteiger partial charge on any atom is 0.153 e. The molecule has 0 heterocycles. The first-order chi connectivity index (χ1) is 7.54. The molecule has 0 aliphatic heterocycles. The van der Waals surface area contributed by atoms with Crippen molar-refractivity contribution < 1.29 is 9.53 Å². The Morgan fingerprint density at radius 2 is 2.00 bits per heavy atom. The molecule has 0 atom stereocenters. The molecule has 2 nitrogen and oxygen atoms in total. The molecule has 16 heavy (non-hydrogen) atoms. The number of ether oxygens (including phenoxy) is 1. The topological polar surface area (TPSA) is 26.3 Å². The van der Waals surface area contributed by atoms with Crippen LogP contribution in [0.2, 0.25) is 0 Å². The molecule has 0 spiro atoms. The van der Waals surface area contributed by atoms with E-state index in [9.17, 15) is 4.79 Å². The summed E-state index contributed by atoms with van der Waals surface area (Å²) in [7, 11) is 0. The predicted octanol–water partition coefficient (Wildman–Crippen LogP) is 3.54. The SMILES string of the molecule is Cc1cc(C)c(OCCC(C)C)c(C=O)c1. The van der Waals surface area contributed by atoms with Crippen LogP contribution in [-0.4, -0.2) is 12.9 Å². The molecule has 1 rings (SSSR count). The standard InChI is InChI=1S/C14H20O2/c1-10(2)5-6-16-14-12(4)7-11(3)8-13(14)9-15/h7-10H,5-6H2,1-4H3. The maximum absolute atomic E-state index is 10.9. The van der Waals surface area contributed by atoms with Crippen molar-refractivity contribution >= 4 is 6.29 Å². The summed E-state index contributed by atoms with van der Waals surface area (Å²) < 4.78 is 5.69. The van der Waals surface area contributed by atoms with Crippen LogP contribution in [0.3, 0.4) is 0 Å². The van der Waals surface area contributed by atoms with E-state index in [1.165, 1.54) is 0 Å². The lowest BCUT2D eigenvalue weighted by atomic mass is 10.1. The van der Waals surface area contributed by atoms with Gasteiger partial charge >= 0.3 is 0 Å². The zero-order valence-electron chi connectivity index (χ0n) is 10.5. The molecule has 0 N–H and O–H groups in total. The Labute approximate surface area is 97.6 Å². The van der Waals surface area contributed by atoms with Crippen molar-refractivity contribution in [2.24, 2.45) is 5.92 Å². The van der Waals surface area contributed by atoms with E-state index in [2.05, 4.69) is 13.8 Å². The molecule has 0 radical (unpaired) electrons. The Bertz CT molecular complexity index is 367. The number of carbonyl (C=O) groups excluding carboxylic acids is 1. The van der Waals surface area contributed by atoms with Gasteiger partial charge in [0.2, 0.25) is 0 Å². The van der Waals surface area contributed by atoms with Gasteiger partial charge in [-0.25, -0.2) is 0 Å². The molecule has 0 bridgehead atoms. The van der Waals surface area contributed by atoms with Gasteiger partial charge < -0.3 is 4.74 Å². The first kappa shape index (κ1) is 12.8. The highest BCUT2D eigenvalue weighted by molar-refractivity contribution is 5.80. The molecular formula is C14H20O2. The summed E-state index contributed by atoms with van der Waals surface area (Å²) in [5.41, 5.74) is 2.78. The Kier molecular flexibility index (Phi) is 4.53. The Balaban J connectivity index is 2.81. The summed E-state index contributed by atoms with van der Waals surface area (Å²) in [5, 5.41) is 0. The van der Waals surface area contributed by atoms with E-state index in [0.717, 1.165) is 29.6 Å². The third-order valence-corrected chi connectivity index (χ3v) is 2.52. The van der Waals surface area contributed by atoms with Crippen LogP contribution in [0.25, 0.3) is 0 Å². The summed E-state index contributed by atoms with van der Waals surface area (Å²) in [6.07, 6.45) is 1.87. The van der Waals surface area contributed by atoms with Gasteiger partial charge in [0.25, 0.3) is 0 Å². The number of hydrogen-bond donors (Lipinski definition) is 0. The molecule has 0 amide bonds. The van der Waals surface area contributed by atoms with Crippen molar-refractivity contribution in [3.05, 3.63) is 28.8 Å². The predicted molar refractivity (Wildman–Crippen MR) is 66.3 cm³/mol. The van der Waals surface area contributed by atoms with Gasteiger partial charge in [0.1, 0.15) is 5.75 Å². The quantitative estimate of drug-likeness (QED) is 0.709. The van der Waals surface area contributed by atoms with Crippen LogP contribution in [0.1, 0.15) is 41.8 Å². The monoisotopic (exact) mass is 220 g/mol. The second-order valence-electron chi connectivity index (χ2n) is 4.65. The minimum absolute atomic E-state index is 0.616. The maximum atomic E-state index is 10.9. The fourth-order valence-electron chi connectivity index (χ4n) is 1.67. The van der Waals surface area contributed by atoms with E-state index in [0.29, 0.717) is 18.1 Å². The molecule has 0 fully saturated rings. The first-order valence-electron chi connectivity index (χ1n) is 5.73. The van der Waals surface area contributed by atoms with Gasteiger partial charge in [-0.15, -0.1) is 0 Å². The molecule has 0 saturated heterocycles. The molecule has 0 aromatic heterocycles. The van der Waals surface area contributed by atoms with Gasteiger partial charge in [-0.05, 0) is 43.4 Å². The lowest BCUT2D eigenvalue weighted by Crippen LogP contribution is -2.05. The van der Waals surface area contributed by atoms with E-state index in [-0.39, 0.29) is 0 Å².